The smallest absolute Gasteiger partial charge is 0.236 e. The van der Waals surface area contributed by atoms with E-state index in [0.29, 0.717) is 19.0 Å². The SMILES string of the molecule is CSC1(C(=O)NC[C@@H]2CCC(=O)N(C3CC3)[C@H]2c2nccn2C)CC1. The second-order valence-corrected chi connectivity index (χ2v) is 8.77. The molecule has 0 aromatic carbocycles. The van der Waals surface area contributed by atoms with Gasteiger partial charge in [0, 0.05) is 44.4 Å². The molecule has 3 fully saturated rings. The molecule has 2 aliphatic carbocycles. The largest absolute Gasteiger partial charge is 0.355 e. The predicted octanol–water partition coefficient (Wildman–Crippen LogP) is 1.87. The molecule has 0 radical (unpaired) electrons. The summed E-state index contributed by atoms with van der Waals surface area (Å²) < 4.78 is 1.82. The Morgan fingerprint density at radius 2 is 2.16 bits per heavy atom. The number of imidazole rings is 1. The molecule has 1 aromatic heterocycles. The zero-order chi connectivity index (χ0) is 17.6. The van der Waals surface area contributed by atoms with Crippen molar-refractivity contribution in [3.05, 3.63) is 18.2 Å². The molecule has 1 aliphatic heterocycles. The van der Waals surface area contributed by atoms with Crippen LogP contribution >= 0.6 is 11.8 Å². The number of amides is 2. The first-order valence-electron chi connectivity index (χ1n) is 9.17. The Hall–Kier alpha value is -1.50. The molecule has 1 saturated heterocycles. The maximum Gasteiger partial charge on any atom is 0.236 e. The third kappa shape index (κ3) is 3.07. The number of piperidine rings is 1. The second kappa shape index (κ2) is 6.34. The first-order valence-corrected chi connectivity index (χ1v) is 10.4. The van der Waals surface area contributed by atoms with E-state index in [1.165, 1.54) is 0 Å². The minimum Gasteiger partial charge on any atom is -0.355 e. The van der Waals surface area contributed by atoms with Gasteiger partial charge in [-0.15, -0.1) is 11.8 Å². The zero-order valence-electron chi connectivity index (χ0n) is 14.9. The number of nitrogens with zero attached hydrogens (tertiary/aromatic N) is 3. The van der Waals surface area contributed by atoms with Crippen molar-refractivity contribution in [2.75, 3.05) is 12.8 Å². The van der Waals surface area contributed by atoms with Crippen molar-refractivity contribution in [2.24, 2.45) is 13.0 Å². The summed E-state index contributed by atoms with van der Waals surface area (Å²) in [7, 11) is 1.98. The molecule has 3 aliphatic rings. The van der Waals surface area contributed by atoms with Gasteiger partial charge in [-0.25, -0.2) is 4.98 Å². The van der Waals surface area contributed by atoms with E-state index in [9.17, 15) is 9.59 Å². The fraction of sp³-hybridized carbons (Fsp3) is 0.722. The summed E-state index contributed by atoms with van der Waals surface area (Å²) in [4.78, 5) is 31.7. The highest BCUT2D eigenvalue weighted by Gasteiger charge is 2.50. The quantitative estimate of drug-likeness (QED) is 0.839. The molecule has 2 saturated carbocycles. The molecule has 2 amide bonds. The van der Waals surface area contributed by atoms with E-state index >= 15 is 0 Å². The van der Waals surface area contributed by atoms with Gasteiger partial charge in [0.25, 0.3) is 0 Å². The lowest BCUT2D eigenvalue weighted by molar-refractivity contribution is -0.140. The molecule has 2 atom stereocenters. The van der Waals surface area contributed by atoms with Gasteiger partial charge in [0.1, 0.15) is 5.82 Å². The second-order valence-electron chi connectivity index (χ2n) is 7.58. The van der Waals surface area contributed by atoms with Gasteiger partial charge in [-0.05, 0) is 38.4 Å². The van der Waals surface area contributed by atoms with Gasteiger partial charge < -0.3 is 14.8 Å². The summed E-state index contributed by atoms with van der Waals surface area (Å²) >= 11 is 1.66. The van der Waals surface area contributed by atoms with Crippen molar-refractivity contribution >= 4 is 23.6 Å². The van der Waals surface area contributed by atoms with E-state index in [2.05, 4.69) is 15.2 Å². The molecule has 1 aromatic rings. The molecule has 7 heteroatoms. The Balaban J connectivity index is 1.53. The van der Waals surface area contributed by atoms with Crippen LogP contribution in [0.4, 0.5) is 0 Å². The maximum absolute atomic E-state index is 12.6. The van der Waals surface area contributed by atoms with Gasteiger partial charge in [-0.3, -0.25) is 9.59 Å². The number of likely N-dealkylation sites (tertiary alicyclic amines) is 1. The molecule has 2 heterocycles. The topological polar surface area (TPSA) is 67.2 Å². The average molecular weight is 362 g/mol. The van der Waals surface area contributed by atoms with Crippen LogP contribution in [-0.4, -0.2) is 49.9 Å². The fourth-order valence-corrected chi connectivity index (χ4v) is 4.76. The third-order valence-corrected chi connectivity index (χ3v) is 7.24. The summed E-state index contributed by atoms with van der Waals surface area (Å²) in [5.74, 6) is 1.56. The maximum atomic E-state index is 12.6. The standard InChI is InChI=1S/C18H26N4O2S/c1-21-10-9-19-16(21)15-12(3-6-14(23)22(15)13-4-5-13)11-20-17(24)18(25-2)7-8-18/h9-10,12-13,15H,3-8,11H2,1-2H3,(H,20,24)/t12-,15+/m0/s1. The Morgan fingerprint density at radius 1 is 1.40 bits per heavy atom. The molecule has 6 nitrogen and oxygen atoms in total. The number of aromatic nitrogens is 2. The summed E-state index contributed by atoms with van der Waals surface area (Å²) in [5.41, 5.74) is 0. The van der Waals surface area contributed by atoms with Crippen molar-refractivity contribution in [2.45, 2.75) is 55.4 Å². The van der Waals surface area contributed by atoms with E-state index < -0.39 is 0 Å². The summed E-state index contributed by atoms with van der Waals surface area (Å²) in [6, 6.07) is 0.326. The van der Waals surface area contributed by atoms with Crippen molar-refractivity contribution in [1.82, 2.24) is 19.8 Å². The Bertz CT molecular complexity index is 680. The Labute approximate surface area is 152 Å². The molecular weight excluding hydrogens is 336 g/mol. The number of carbonyl (C=O) groups is 2. The number of hydrogen-bond acceptors (Lipinski definition) is 4. The Kier molecular flexibility index (Phi) is 4.30. The van der Waals surface area contributed by atoms with Gasteiger partial charge >= 0.3 is 0 Å². The predicted molar refractivity (Wildman–Crippen MR) is 97.0 cm³/mol. The van der Waals surface area contributed by atoms with E-state index in [4.69, 9.17) is 0 Å². The average Bonchev–Trinajstić information content (AvgIpc) is 3.52. The highest BCUT2D eigenvalue weighted by molar-refractivity contribution is 8.01. The van der Waals surface area contributed by atoms with Crippen LogP contribution in [0.2, 0.25) is 0 Å². The van der Waals surface area contributed by atoms with Crippen LogP contribution in [0.15, 0.2) is 12.4 Å². The molecule has 0 unspecified atom stereocenters. The number of rotatable bonds is 6. The lowest BCUT2D eigenvalue weighted by atomic mass is 9.87. The van der Waals surface area contributed by atoms with E-state index in [-0.39, 0.29) is 28.5 Å². The Morgan fingerprint density at radius 3 is 2.72 bits per heavy atom. The van der Waals surface area contributed by atoms with Gasteiger partial charge in [-0.2, -0.15) is 0 Å². The third-order valence-electron chi connectivity index (χ3n) is 5.86. The van der Waals surface area contributed by atoms with Crippen molar-refractivity contribution in [3.63, 3.8) is 0 Å². The minimum atomic E-state index is -0.195. The van der Waals surface area contributed by atoms with Crippen LogP contribution in [-0.2, 0) is 16.6 Å². The van der Waals surface area contributed by atoms with E-state index in [1.54, 1.807) is 18.0 Å². The normalized spacial score (nSPS) is 28.1. The van der Waals surface area contributed by atoms with Crippen LogP contribution in [0.3, 0.4) is 0 Å². The number of aryl methyl sites for hydroxylation is 1. The molecule has 136 valence electrons. The number of nitrogens with one attached hydrogen (secondary N) is 1. The number of carbonyl (C=O) groups excluding carboxylic acids is 2. The molecule has 25 heavy (non-hydrogen) atoms. The van der Waals surface area contributed by atoms with Crippen molar-refractivity contribution < 1.29 is 9.59 Å². The van der Waals surface area contributed by atoms with Crippen LogP contribution in [0.1, 0.15) is 50.4 Å². The van der Waals surface area contributed by atoms with Crippen LogP contribution < -0.4 is 5.32 Å². The van der Waals surface area contributed by atoms with Gasteiger partial charge in [0.05, 0.1) is 10.8 Å². The molecule has 0 spiro atoms. The number of hydrogen-bond donors (Lipinski definition) is 1. The van der Waals surface area contributed by atoms with Gasteiger partial charge in [0.15, 0.2) is 0 Å². The summed E-state index contributed by atoms with van der Waals surface area (Å²) in [5, 5.41) is 3.18. The number of thioether (sulfide) groups is 1. The summed E-state index contributed by atoms with van der Waals surface area (Å²) in [6.07, 6.45) is 11.2. The first-order chi connectivity index (χ1) is 12.1. The fourth-order valence-electron chi connectivity index (χ4n) is 3.99. The highest BCUT2D eigenvalue weighted by Crippen LogP contribution is 2.47. The molecule has 0 bridgehead atoms. The summed E-state index contributed by atoms with van der Waals surface area (Å²) in [6.45, 7) is 0.620. The van der Waals surface area contributed by atoms with Crippen LogP contribution in [0.25, 0.3) is 0 Å². The minimum absolute atomic E-state index is 0.0292. The van der Waals surface area contributed by atoms with Crippen molar-refractivity contribution in [3.8, 4) is 0 Å². The zero-order valence-corrected chi connectivity index (χ0v) is 15.7. The monoisotopic (exact) mass is 362 g/mol. The highest BCUT2D eigenvalue weighted by atomic mass is 32.2. The lowest BCUT2D eigenvalue weighted by Gasteiger charge is -2.41. The van der Waals surface area contributed by atoms with Gasteiger partial charge in [-0.1, -0.05) is 0 Å². The lowest BCUT2D eigenvalue weighted by Crippen LogP contribution is -2.49. The van der Waals surface area contributed by atoms with Crippen LogP contribution in [0.5, 0.6) is 0 Å². The van der Waals surface area contributed by atoms with E-state index in [1.807, 2.05) is 24.1 Å². The molecule has 4 rings (SSSR count). The first kappa shape index (κ1) is 16.9. The van der Waals surface area contributed by atoms with Crippen molar-refractivity contribution in [1.29, 1.82) is 0 Å². The molecular formula is C18H26N4O2S. The van der Waals surface area contributed by atoms with Crippen LogP contribution in [0, 0.1) is 5.92 Å². The molecule has 1 N–H and O–H groups in total. The van der Waals surface area contributed by atoms with E-state index in [0.717, 1.165) is 37.9 Å². The van der Waals surface area contributed by atoms with Gasteiger partial charge in [0.2, 0.25) is 11.8 Å².